The number of nitrogens with zero attached hydrogens (tertiary/aromatic N) is 2. The summed E-state index contributed by atoms with van der Waals surface area (Å²) in [6, 6.07) is 7.75. The molecule has 90 valence electrons. The van der Waals surface area contributed by atoms with Crippen molar-refractivity contribution in [2.45, 2.75) is 0 Å². The molecule has 0 aliphatic heterocycles. The van der Waals surface area contributed by atoms with Gasteiger partial charge in [-0.2, -0.15) is 0 Å². The lowest BCUT2D eigenvalue weighted by Crippen LogP contribution is -2.15. The predicted molar refractivity (Wildman–Crippen MR) is 63.2 cm³/mol. The van der Waals surface area contributed by atoms with Crippen LogP contribution in [0.1, 0.15) is 21.0 Å². The lowest BCUT2D eigenvalue weighted by atomic mass is 10.3. The van der Waals surface area contributed by atoms with E-state index in [2.05, 4.69) is 14.7 Å². The summed E-state index contributed by atoms with van der Waals surface area (Å²) < 4.78 is 4.62. The molecule has 0 aliphatic carbocycles. The van der Waals surface area contributed by atoms with Gasteiger partial charge in [-0.15, -0.1) is 0 Å². The van der Waals surface area contributed by atoms with Crippen LogP contribution in [0.4, 0.5) is 0 Å². The van der Waals surface area contributed by atoms with Crippen LogP contribution < -0.4 is 0 Å². The monoisotopic (exact) mass is 262 g/mol. The van der Waals surface area contributed by atoms with Gasteiger partial charge in [-0.3, -0.25) is 0 Å². The van der Waals surface area contributed by atoms with Gasteiger partial charge < -0.3 is 4.74 Å². The average Bonchev–Trinajstić information content (AvgIpc) is 2.40. The molecule has 2 rings (SSSR count). The minimum absolute atomic E-state index is 0.0397. The van der Waals surface area contributed by atoms with E-state index < -0.39 is 11.9 Å². The van der Waals surface area contributed by atoms with Gasteiger partial charge in [0.05, 0.1) is 5.02 Å². The summed E-state index contributed by atoms with van der Waals surface area (Å²) in [7, 11) is 0. The molecule has 6 heteroatoms. The maximum Gasteiger partial charge on any atom is 0.366 e. The van der Waals surface area contributed by atoms with Gasteiger partial charge >= 0.3 is 11.9 Å². The summed E-state index contributed by atoms with van der Waals surface area (Å²) in [5, 5.41) is 0.122. The second-order valence-electron chi connectivity index (χ2n) is 3.23. The molecule has 0 saturated carbocycles. The Morgan fingerprint density at radius 1 is 1.00 bits per heavy atom. The molecular formula is C12H7ClN2O3. The van der Waals surface area contributed by atoms with Crippen LogP contribution >= 0.6 is 11.6 Å². The Balaban J connectivity index is 2.14. The molecule has 2 aromatic heterocycles. The van der Waals surface area contributed by atoms with Crippen LogP contribution in [0, 0.1) is 0 Å². The van der Waals surface area contributed by atoms with Crippen molar-refractivity contribution in [2.75, 3.05) is 0 Å². The van der Waals surface area contributed by atoms with Crippen molar-refractivity contribution in [3.05, 3.63) is 59.1 Å². The first-order chi connectivity index (χ1) is 8.68. The van der Waals surface area contributed by atoms with Crippen LogP contribution in [0.3, 0.4) is 0 Å². The minimum Gasteiger partial charge on any atom is -0.383 e. The van der Waals surface area contributed by atoms with E-state index in [0.717, 1.165) is 0 Å². The molecule has 2 aromatic rings. The van der Waals surface area contributed by atoms with Gasteiger partial charge in [0.1, 0.15) is 5.69 Å². The van der Waals surface area contributed by atoms with Crippen LogP contribution in [-0.4, -0.2) is 21.9 Å². The highest BCUT2D eigenvalue weighted by molar-refractivity contribution is 6.33. The molecule has 0 amide bonds. The largest absolute Gasteiger partial charge is 0.383 e. The van der Waals surface area contributed by atoms with Gasteiger partial charge in [0.25, 0.3) is 0 Å². The Labute approximate surface area is 107 Å². The highest BCUT2D eigenvalue weighted by Crippen LogP contribution is 2.13. The standard InChI is InChI=1S/C12H7ClN2O3/c13-8-4-3-7-15-10(8)12(17)18-11(16)9-5-1-2-6-14-9/h1-7H. The Morgan fingerprint density at radius 2 is 1.78 bits per heavy atom. The number of pyridine rings is 2. The highest BCUT2D eigenvalue weighted by Gasteiger charge is 2.18. The Hall–Kier alpha value is -2.27. The van der Waals surface area contributed by atoms with E-state index in [1.807, 2.05) is 0 Å². The van der Waals surface area contributed by atoms with E-state index in [1.54, 1.807) is 18.2 Å². The van der Waals surface area contributed by atoms with Crippen molar-refractivity contribution in [3.63, 3.8) is 0 Å². The van der Waals surface area contributed by atoms with Crippen LogP contribution in [0.5, 0.6) is 0 Å². The van der Waals surface area contributed by atoms with Gasteiger partial charge in [-0.25, -0.2) is 19.6 Å². The fourth-order valence-electron chi connectivity index (χ4n) is 1.20. The third-order valence-electron chi connectivity index (χ3n) is 2.01. The average molecular weight is 263 g/mol. The van der Waals surface area contributed by atoms with E-state index in [4.69, 9.17) is 11.6 Å². The van der Waals surface area contributed by atoms with Crippen LogP contribution in [0.2, 0.25) is 5.02 Å². The van der Waals surface area contributed by atoms with E-state index in [9.17, 15) is 9.59 Å². The zero-order valence-electron chi connectivity index (χ0n) is 9.04. The molecule has 0 radical (unpaired) electrons. The third-order valence-corrected chi connectivity index (χ3v) is 2.32. The molecule has 0 aliphatic rings. The topological polar surface area (TPSA) is 69.2 Å². The van der Waals surface area contributed by atoms with Gasteiger partial charge in [-0.1, -0.05) is 17.7 Å². The van der Waals surface area contributed by atoms with Crippen molar-refractivity contribution >= 4 is 23.5 Å². The first kappa shape index (κ1) is 12.2. The first-order valence-electron chi connectivity index (χ1n) is 4.96. The molecule has 0 bridgehead atoms. The van der Waals surface area contributed by atoms with Crippen molar-refractivity contribution in [1.29, 1.82) is 0 Å². The fourth-order valence-corrected chi connectivity index (χ4v) is 1.40. The molecule has 0 N–H and O–H groups in total. The number of halogens is 1. The smallest absolute Gasteiger partial charge is 0.366 e. The summed E-state index contributed by atoms with van der Waals surface area (Å²) in [6.45, 7) is 0. The van der Waals surface area contributed by atoms with Gasteiger partial charge in [0.2, 0.25) is 0 Å². The minimum atomic E-state index is -0.906. The van der Waals surface area contributed by atoms with Crippen LogP contribution in [0.15, 0.2) is 42.7 Å². The van der Waals surface area contributed by atoms with Crippen molar-refractivity contribution in [1.82, 2.24) is 9.97 Å². The van der Waals surface area contributed by atoms with Crippen LogP contribution in [-0.2, 0) is 4.74 Å². The Kier molecular flexibility index (Phi) is 3.64. The molecule has 0 fully saturated rings. The second-order valence-corrected chi connectivity index (χ2v) is 3.63. The molecule has 0 atom stereocenters. The molecule has 2 heterocycles. The molecule has 0 unspecified atom stereocenters. The van der Waals surface area contributed by atoms with E-state index in [0.29, 0.717) is 0 Å². The van der Waals surface area contributed by atoms with Gasteiger partial charge in [-0.05, 0) is 24.3 Å². The number of hydrogen-bond acceptors (Lipinski definition) is 5. The molecular weight excluding hydrogens is 256 g/mol. The number of rotatable bonds is 2. The summed E-state index contributed by atoms with van der Waals surface area (Å²) in [5.41, 5.74) is -0.0682. The Bertz CT molecular complexity index is 587. The molecule has 0 spiro atoms. The summed E-state index contributed by atoms with van der Waals surface area (Å²) >= 11 is 5.76. The maximum absolute atomic E-state index is 11.6. The normalized spacial score (nSPS) is 9.83. The zero-order valence-corrected chi connectivity index (χ0v) is 9.79. The maximum atomic E-state index is 11.6. The van der Waals surface area contributed by atoms with E-state index >= 15 is 0 Å². The predicted octanol–water partition coefficient (Wildman–Crippen LogP) is 2.13. The zero-order chi connectivity index (χ0) is 13.0. The van der Waals surface area contributed by atoms with E-state index in [1.165, 1.54) is 24.5 Å². The Morgan fingerprint density at radius 3 is 2.44 bits per heavy atom. The lowest BCUT2D eigenvalue weighted by Gasteiger charge is -2.02. The number of esters is 2. The van der Waals surface area contributed by atoms with Gasteiger partial charge in [0.15, 0.2) is 5.69 Å². The summed E-state index contributed by atoms with van der Waals surface area (Å²) in [4.78, 5) is 30.7. The van der Waals surface area contributed by atoms with Crippen molar-refractivity contribution in [2.24, 2.45) is 0 Å². The first-order valence-corrected chi connectivity index (χ1v) is 5.34. The van der Waals surface area contributed by atoms with Gasteiger partial charge in [0, 0.05) is 12.4 Å². The number of carbonyl (C=O) groups is 2. The molecule has 18 heavy (non-hydrogen) atoms. The number of ether oxygens (including phenoxy) is 1. The number of aromatic nitrogens is 2. The SMILES string of the molecule is O=C(OC(=O)c1ncccc1Cl)c1ccccn1. The third kappa shape index (κ3) is 2.70. The quantitative estimate of drug-likeness (QED) is 0.612. The lowest BCUT2D eigenvalue weighted by molar-refractivity contribution is 0.0389. The number of hydrogen-bond donors (Lipinski definition) is 0. The van der Waals surface area contributed by atoms with Crippen LogP contribution in [0.25, 0.3) is 0 Å². The molecule has 0 saturated heterocycles. The molecule has 5 nitrogen and oxygen atoms in total. The fraction of sp³-hybridized carbons (Fsp3) is 0. The summed E-state index contributed by atoms with van der Waals surface area (Å²) in [5.74, 6) is -1.75. The van der Waals surface area contributed by atoms with Crippen molar-refractivity contribution < 1.29 is 14.3 Å². The van der Waals surface area contributed by atoms with Crippen molar-refractivity contribution in [3.8, 4) is 0 Å². The molecule has 0 aromatic carbocycles. The number of carbonyl (C=O) groups excluding carboxylic acids is 2. The summed E-state index contributed by atoms with van der Waals surface area (Å²) in [6.07, 6.45) is 2.81. The van der Waals surface area contributed by atoms with E-state index in [-0.39, 0.29) is 16.4 Å². The second kappa shape index (κ2) is 5.37. The highest BCUT2D eigenvalue weighted by atomic mass is 35.5.